The van der Waals surface area contributed by atoms with Gasteiger partial charge < -0.3 is 9.47 Å². The predicted molar refractivity (Wildman–Crippen MR) is 118 cm³/mol. The van der Waals surface area contributed by atoms with Crippen molar-refractivity contribution in [1.82, 2.24) is 0 Å². The van der Waals surface area contributed by atoms with E-state index in [0.717, 1.165) is 6.08 Å². The van der Waals surface area contributed by atoms with Crippen LogP contribution in [0.4, 0.5) is 0 Å². The van der Waals surface area contributed by atoms with Crippen molar-refractivity contribution in [3.8, 4) is 0 Å². The third kappa shape index (κ3) is 6.88. The average Bonchev–Trinajstić information content (AvgIpc) is 2.63. The minimum atomic E-state index is -2.17. The quantitative estimate of drug-likeness (QED) is 0.164. The molecule has 0 amide bonds. The minimum Gasteiger partial charge on any atom is -0.462 e. The number of allylic oxidation sites excluding steroid dienone is 1. The van der Waals surface area contributed by atoms with Gasteiger partial charge in [0.15, 0.2) is 9.71 Å². The Labute approximate surface area is 204 Å². The van der Waals surface area contributed by atoms with Crippen molar-refractivity contribution in [2.45, 2.75) is 53.3 Å². The average molecular weight is 558 g/mol. The van der Waals surface area contributed by atoms with Crippen molar-refractivity contribution in [2.24, 2.45) is 0 Å². The number of halogens is 8. The molecule has 0 bridgehead atoms. The summed E-state index contributed by atoms with van der Waals surface area (Å²) in [5.41, 5.74) is 0. The Morgan fingerprint density at radius 3 is 1.96 bits per heavy atom. The minimum absolute atomic E-state index is 0.0441. The van der Waals surface area contributed by atoms with Gasteiger partial charge in [0.25, 0.3) is 0 Å². The van der Waals surface area contributed by atoms with Crippen LogP contribution in [0.1, 0.15) is 33.6 Å². The zero-order valence-corrected chi connectivity index (χ0v) is 21.1. The van der Waals surface area contributed by atoms with Gasteiger partial charge >= 0.3 is 11.9 Å². The van der Waals surface area contributed by atoms with Gasteiger partial charge in [-0.3, -0.25) is 4.79 Å². The number of alkyl halides is 5. The van der Waals surface area contributed by atoms with Crippen LogP contribution in [0.15, 0.2) is 21.7 Å². The first-order valence-electron chi connectivity index (χ1n) is 7.85. The van der Waals surface area contributed by atoms with Gasteiger partial charge in [0.2, 0.25) is 5.06 Å². The Hall–Kier alpha value is 0.740. The van der Waals surface area contributed by atoms with Gasteiger partial charge in [0.05, 0.1) is 5.03 Å². The summed E-state index contributed by atoms with van der Waals surface area (Å²) >= 11 is 48.4. The highest BCUT2D eigenvalue weighted by molar-refractivity contribution is 6.61. The molecule has 0 aromatic rings. The Balaban J connectivity index is 5.84. The van der Waals surface area contributed by atoms with Crippen molar-refractivity contribution in [3.63, 3.8) is 0 Å². The Bertz CT molecular complexity index is 632. The van der Waals surface area contributed by atoms with Crippen LogP contribution >= 0.6 is 92.8 Å². The van der Waals surface area contributed by atoms with E-state index >= 15 is 0 Å². The fourth-order valence-corrected chi connectivity index (χ4v) is 3.69. The molecule has 0 saturated heterocycles. The van der Waals surface area contributed by atoms with Crippen LogP contribution < -0.4 is 0 Å². The smallest absolute Gasteiger partial charge is 0.332 e. The summed E-state index contributed by atoms with van der Waals surface area (Å²) in [6.45, 7) is 4.26. The van der Waals surface area contributed by atoms with Gasteiger partial charge in [-0.1, -0.05) is 89.5 Å². The van der Waals surface area contributed by atoms with Crippen molar-refractivity contribution < 1.29 is 19.1 Å². The van der Waals surface area contributed by atoms with Crippen molar-refractivity contribution in [3.05, 3.63) is 21.7 Å². The van der Waals surface area contributed by atoms with Crippen molar-refractivity contribution in [2.75, 3.05) is 6.61 Å². The molecule has 12 heteroatoms. The van der Waals surface area contributed by atoms with Crippen LogP contribution in [0, 0.1) is 0 Å². The number of rotatable bonds is 10. The topological polar surface area (TPSA) is 52.6 Å². The first kappa shape index (κ1) is 28.7. The summed E-state index contributed by atoms with van der Waals surface area (Å²) in [7, 11) is 0. The predicted octanol–water partition coefficient (Wildman–Crippen LogP) is 7.05. The summed E-state index contributed by atoms with van der Waals surface area (Å²) in [5.74, 6) is -1.84. The summed E-state index contributed by atoms with van der Waals surface area (Å²) < 4.78 is 8.19. The van der Waals surface area contributed by atoms with Gasteiger partial charge in [-0.15, -0.1) is 23.2 Å². The summed E-state index contributed by atoms with van der Waals surface area (Å²) in [4.78, 5) is 22.5. The second-order valence-corrected chi connectivity index (χ2v) is 10.0. The molecule has 0 rings (SSSR count). The van der Waals surface area contributed by atoms with Gasteiger partial charge in [-0.25, -0.2) is 4.79 Å². The molecule has 0 aromatic carbocycles. The van der Waals surface area contributed by atoms with Crippen molar-refractivity contribution in [1.29, 1.82) is 0 Å². The van der Waals surface area contributed by atoms with Crippen LogP contribution in [-0.4, -0.2) is 38.2 Å². The number of ether oxygens (including phenoxy) is 2. The summed E-state index contributed by atoms with van der Waals surface area (Å²) in [6.07, 6.45) is 2.64. The molecule has 3 atom stereocenters. The highest BCUT2D eigenvalue weighted by Crippen LogP contribution is 2.53. The first-order chi connectivity index (χ1) is 12.7. The van der Waals surface area contributed by atoms with Crippen LogP contribution in [0.5, 0.6) is 0 Å². The van der Waals surface area contributed by atoms with E-state index in [-0.39, 0.29) is 17.9 Å². The summed E-state index contributed by atoms with van der Waals surface area (Å²) in [5, 5.41) is -3.99. The second kappa shape index (κ2) is 12.0. The molecule has 0 fully saturated rings. The van der Waals surface area contributed by atoms with Crippen LogP contribution in [0.2, 0.25) is 0 Å². The van der Waals surface area contributed by atoms with Gasteiger partial charge in [0.1, 0.15) is 16.0 Å². The van der Waals surface area contributed by atoms with Crippen LogP contribution in [-0.2, 0) is 19.1 Å². The monoisotopic (exact) mass is 554 g/mol. The van der Waals surface area contributed by atoms with E-state index in [1.807, 2.05) is 0 Å². The molecule has 0 N–H and O–H groups in total. The van der Waals surface area contributed by atoms with E-state index in [4.69, 9.17) is 102 Å². The molecule has 0 aromatic heterocycles. The fourth-order valence-electron chi connectivity index (χ4n) is 1.91. The number of carbonyl (C=O) groups excluding carboxylic acids is 2. The number of carbonyl (C=O) groups is 2. The molecular formula is C16H18Cl8O4. The lowest BCUT2D eigenvalue weighted by Crippen LogP contribution is -2.61. The SMILES string of the molecule is CC=CC(=O)OC(Cl)(C(Cl)(Cl)CC)C(Cl)(CC)COC(=O)C(Cl)C(Cl)=C(Cl)Cl. The highest BCUT2D eigenvalue weighted by atomic mass is 35.5. The second-order valence-electron chi connectivity index (χ2n) is 5.47. The molecule has 3 unspecified atom stereocenters. The Morgan fingerprint density at radius 2 is 1.57 bits per heavy atom. The maximum absolute atomic E-state index is 12.1. The molecule has 4 nitrogen and oxygen atoms in total. The molecule has 28 heavy (non-hydrogen) atoms. The van der Waals surface area contributed by atoms with Crippen LogP contribution in [0.25, 0.3) is 0 Å². The molecule has 0 heterocycles. The maximum atomic E-state index is 12.1. The summed E-state index contributed by atoms with van der Waals surface area (Å²) in [6, 6.07) is 0. The molecule has 0 aliphatic heterocycles. The Morgan fingerprint density at radius 1 is 1.04 bits per heavy atom. The molecule has 0 saturated carbocycles. The molecule has 0 spiro atoms. The number of hydrogen-bond acceptors (Lipinski definition) is 4. The number of hydrogen-bond donors (Lipinski definition) is 0. The van der Waals surface area contributed by atoms with E-state index in [1.165, 1.54) is 6.08 Å². The molecule has 0 aliphatic rings. The number of esters is 2. The Kier molecular flexibility index (Phi) is 12.3. The molecule has 162 valence electrons. The van der Waals surface area contributed by atoms with Gasteiger partial charge in [0, 0.05) is 6.08 Å². The molecular weight excluding hydrogens is 540 g/mol. The largest absolute Gasteiger partial charge is 0.462 e. The third-order valence-electron chi connectivity index (χ3n) is 3.65. The maximum Gasteiger partial charge on any atom is 0.332 e. The zero-order valence-electron chi connectivity index (χ0n) is 15.0. The third-order valence-corrected chi connectivity index (χ3v) is 7.93. The standard InChI is InChI=1S/C16H18Cl8O4/c1-4-7-9(25)28-16(24,15(22,23)6-3)14(21,5-2)8-27-13(26)11(18)10(17)12(19)20/h4,7,11H,5-6,8H2,1-3H3. The van der Waals surface area contributed by atoms with E-state index in [2.05, 4.69) is 0 Å². The fraction of sp³-hybridized carbons (Fsp3) is 0.625. The zero-order chi connectivity index (χ0) is 22.3. The lowest BCUT2D eigenvalue weighted by molar-refractivity contribution is -0.154. The van der Waals surface area contributed by atoms with Crippen LogP contribution in [0.3, 0.4) is 0 Å². The molecule has 0 radical (unpaired) electrons. The lowest BCUT2D eigenvalue weighted by Gasteiger charge is -2.46. The van der Waals surface area contributed by atoms with E-state index in [0.29, 0.717) is 0 Å². The lowest BCUT2D eigenvalue weighted by atomic mass is 9.93. The first-order valence-corrected chi connectivity index (χ1v) is 10.9. The normalized spacial score (nSPS) is 17.4. The van der Waals surface area contributed by atoms with Gasteiger partial charge in [-0.05, 0) is 19.8 Å². The van der Waals surface area contributed by atoms with E-state index in [9.17, 15) is 9.59 Å². The van der Waals surface area contributed by atoms with E-state index < -0.39 is 42.7 Å². The van der Waals surface area contributed by atoms with Gasteiger partial charge in [-0.2, -0.15) is 0 Å². The van der Waals surface area contributed by atoms with E-state index in [1.54, 1.807) is 20.8 Å². The van der Waals surface area contributed by atoms with Crippen molar-refractivity contribution >= 4 is 105 Å². The highest BCUT2D eigenvalue weighted by Gasteiger charge is 2.63. The molecule has 0 aliphatic carbocycles.